The van der Waals surface area contributed by atoms with E-state index in [1.165, 1.54) is 4.90 Å². The molecule has 1 aliphatic rings. The number of benzene rings is 1. The molecule has 1 fully saturated rings. The maximum Gasteiger partial charge on any atom is 0.338 e. The van der Waals surface area contributed by atoms with Crippen LogP contribution in [0.4, 0.5) is 5.69 Å². The van der Waals surface area contributed by atoms with E-state index in [0.29, 0.717) is 24.9 Å². The lowest BCUT2D eigenvalue weighted by Crippen LogP contribution is -2.43. The summed E-state index contributed by atoms with van der Waals surface area (Å²) >= 11 is 0. The van der Waals surface area contributed by atoms with Gasteiger partial charge in [-0.25, -0.2) is 13.2 Å². The van der Waals surface area contributed by atoms with Gasteiger partial charge in [0.05, 0.1) is 17.1 Å². The van der Waals surface area contributed by atoms with Gasteiger partial charge in [-0.05, 0) is 31.0 Å². The van der Waals surface area contributed by atoms with Gasteiger partial charge in [-0.2, -0.15) is 0 Å². The van der Waals surface area contributed by atoms with Gasteiger partial charge in [-0.3, -0.25) is 4.79 Å². The number of rotatable bonds is 7. The summed E-state index contributed by atoms with van der Waals surface area (Å²) in [6, 6.07) is 6.61. The van der Waals surface area contributed by atoms with E-state index in [1.54, 1.807) is 18.2 Å². The van der Waals surface area contributed by atoms with Crippen LogP contribution in [-0.4, -0.2) is 70.0 Å². The molecule has 1 heterocycles. The summed E-state index contributed by atoms with van der Waals surface area (Å²) in [6.45, 7) is 1.98. The largest absolute Gasteiger partial charge is 0.452 e. The Bertz CT molecular complexity index is 761. The van der Waals surface area contributed by atoms with Crippen LogP contribution in [0.25, 0.3) is 0 Å². The zero-order valence-corrected chi connectivity index (χ0v) is 16.3. The van der Waals surface area contributed by atoms with Crippen LogP contribution in [0.3, 0.4) is 0 Å². The highest BCUT2D eigenvalue weighted by atomic mass is 32.2. The first-order chi connectivity index (χ1) is 12.2. The van der Waals surface area contributed by atoms with E-state index in [4.69, 9.17) is 4.74 Å². The first kappa shape index (κ1) is 20.2. The number of hydrogen-bond acceptors (Lipinski definition) is 6. The fraction of sp³-hybridized carbons (Fsp3) is 0.556. The molecule has 1 amide bonds. The maximum absolute atomic E-state index is 12.5. The summed E-state index contributed by atoms with van der Waals surface area (Å²) in [5, 5.41) is 0. The van der Waals surface area contributed by atoms with Crippen LogP contribution in [-0.2, 0) is 19.4 Å². The van der Waals surface area contributed by atoms with Crippen molar-refractivity contribution in [1.82, 2.24) is 4.90 Å². The molecule has 2 rings (SSSR count). The summed E-state index contributed by atoms with van der Waals surface area (Å²) in [7, 11) is 0.649. The Morgan fingerprint density at radius 1 is 1.27 bits per heavy atom. The van der Waals surface area contributed by atoms with Crippen molar-refractivity contribution >= 4 is 27.4 Å². The molecule has 0 unspecified atom stereocenters. The third kappa shape index (κ3) is 5.20. The van der Waals surface area contributed by atoms with Crippen LogP contribution in [0.15, 0.2) is 24.3 Å². The second-order valence-electron chi connectivity index (χ2n) is 6.66. The van der Waals surface area contributed by atoms with Crippen LogP contribution in [0, 0.1) is 0 Å². The Kier molecular flexibility index (Phi) is 6.63. The van der Waals surface area contributed by atoms with Gasteiger partial charge in [0.2, 0.25) is 0 Å². The quantitative estimate of drug-likeness (QED) is 0.662. The second-order valence-corrected chi connectivity index (χ2v) is 8.89. The molecular weight excluding hydrogens is 356 g/mol. The zero-order valence-electron chi connectivity index (χ0n) is 15.5. The smallest absolute Gasteiger partial charge is 0.338 e. The number of carbonyl (C=O) groups is 2. The summed E-state index contributed by atoms with van der Waals surface area (Å²) < 4.78 is 28.5. The molecule has 0 bridgehead atoms. The highest BCUT2D eigenvalue weighted by Gasteiger charge is 2.34. The van der Waals surface area contributed by atoms with Crippen molar-refractivity contribution in [2.75, 3.05) is 43.7 Å². The number of hydrogen-bond donors (Lipinski definition) is 0. The number of carbonyl (C=O) groups excluding carboxylic acids is 2. The van der Waals surface area contributed by atoms with Crippen molar-refractivity contribution in [3.05, 3.63) is 29.8 Å². The third-order valence-electron chi connectivity index (χ3n) is 4.36. The number of sulfone groups is 1. The molecule has 0 aliphatic carbocycles. The van der Waals surface area contributed by atoms with Crippen molar-refractivity contribution in [3.63, 3.8) is 0 Å². The van der Waals surface area contributed by atoms with Gasteiger partial charge in [0.1, 0.15) is 0 Å². The van der Waals surface area contributed by atoms with Gasteiger partial charge in [0, 0.05) is 32.4 Å². The summed E-state index contributed by atoms with van der Waals surface area (Å²) in [4.78, 5) is 28.1. The highest BCUT2D eigenvalue weighted by molar-refractivity contribution is 7.91. The lowest BCUT2D eigenvalue weighted by atomic mass is 10.2. The van der Waals surface area contributed by atoms with E-state index in [1.807, 2.05) is 32.0 Å². The van der Waals surface area contributed by atoms with Crippen molar-refractivity contribution < 1.29 is 22.7 Å². The Balaban J connectivity index is 1.99. The predicted octanol–water partition coefficient (Wildman–Crippen LogP) is 1.34. The standard InChI is InChI=1S/C18H26N2O5S/c1-4-9-20(16-8-10-26(23,24)13-16)17(21)12-25-18(22)14-6-5-7-15(11-14)19(2)3/h5-7,11,16H,4,8-10,12-13H2,1-3H3/t16-/m0/s1. The zero-order chi connectivity index (χ0) is 19.3. The molecule has 1 aromatic carbocycles. The maximum atomic E-state index is 12.5. The summed E-state index contributed by atoms with van der Waals surface area (Å²) in [5.74, 6) is -0.844. The number of amides is 1. The van der Waals surface area contributed by atoms with Crippen molar-refractivity contribution in [3.8, 4) is 0 Å². The van der Waals surface area contributed by atoms with Crippen molar-refractivity contribution in [2.45, 2.75) is 25.8 Å². The van der Waals surface area contributed by atoms with E-state index < -0.39 is 15.8 Å². The average molecular weight is 382 g/mol. The summed E-state index contributed by atoms with van der Waals surface area (Å²) in [5.41, 5.74) is 1.23. The molecule has 1 aliphatic heterocycles. The van der Waals surface area contributed by atoms with Crippen LogP contribution in [0.1, 0.15) is 30.1 Å². The molecule has 26 heavy (non-hydrogen) atoms. The topological polar surface area (TPSA) is 84.0 Å². The van der Waals surface area contributed by atoms with Gasteiger partial charge >= 0.3 is 5.97 Å². The van der Waals surface area contributed by atoms with E-state index in [0.717, 1.165) is 5.69 Å². The van der Waals surface area contributed by atoms with Gasteiger partial charge in [0.15, 0.2) is 16.4 Å². The van der Waals surface area contributed by atoms with E-state index in [9.17, 15) is 18.0 Å². The lowest BCUT2D eigenvalue weighted by Gasteiger charge is -2.27. The molecule has 0 N–H and O–H groups in total. The molecule has 0 saturated carbocycles. The van der Waals surface area contributed by atoms with Crippen LogP contribution in [0.5, 0.6) is 0 Å². The van der Waals surface area contributed by atoms with Crippen molar-refractivity contribution in [2.24, 2.45) is 0 Å². The molecule has 8 heteroatoms. The van der Waals surface area contributed by atoms with E-state index >= 15 is 0 Å². The van der Waals surface area contributed by atoms with Crippen LogP contribution < -0.4 is 4.90 Å². The summed E-state index contributed by atoms with van der Waals surface area (Å²) in [6.07, 6.45) is 1.15. The predicted molar refractivity (Wildman–Crippen MR) is 100 cm³/mol. The van der Waals surface area contributed by atoms with Gasteiger partial charge in [0.25, 0.3) is 5.91 Å². The SMILES string of the molecule is CCCN(C(=O)COC(=O)c1cccc(N(C)C)c1)[C@H]1CCS(=O)(=O)C1. The first-order valence-corrected chi connectivity index (χ1v) is 10.5. The minimum atomic E-state index is -3.09. The lowest BCUT2D eigenvalue weighted by molar-refractivity contribution is -0.136. The van der Waals surface area contributed by atoms with Crippen LogP contribution in [0.2, 0.25) is 0 Å². The second kappa shape index (κ2) is 8.53. The van der Waals surface area contributed by atoms with E-state index in [2.05, 4.69) is 0 Å². The molecule has 0 radical (unpaired) electrons. The molecule has 0 aromatic heterocycles. The van der Waals surface area contributed by atoms with Gasteiger partial charge < -0.3 is 14.5 Å². The minimum absolute atomic E-state index is 0.0163. The molecule has 0 spiro atoms. The Labute approximate surface area is 154 Å². The fourth-order valence-corrected chi connectivity index (χ4v) is 4.71. The van der Waals surface area contributed by atoms with Gasteiger partial charge in [-0.15, -0.1) is 0 Å². The molecule has 1 aromatic rings. The molecule has 144 valence electrons. The third-order valence-corrected chi connectivity index (χ3v) is 6.11. The number of anilines is 1. The average Bonchev–Trinajstić information content (AvgIpc) is 2.96. The molecule has 1 saturated heterocycles. The minimum Gasteiger partial charge on any atom is -0.452 e. The Hall–Kier alpha value is -2.09. The highest BCUT2D eigenvalue weighted by Crippen LogP contribution is 2.19. The normalized spacial score (nSPS) is 18.3. The van der Waals surface area contributed by atoms with Crippen LogP contribution >= 0.6 is 0 Å². The molecule has 1 atom stereocenters. The Morgan fingerprint density at radius 2 is 2.00 bits per heavy atom. The Morgan fingerprint density at radius 3 is 2.58 bits per heavy atom. The number of ether oxygens (including phenoxy) is 1. The molecule has 7 nitrogen and oxygen atoms in total. The van der Waals surface area contributed by atoms with Gasteiger partial charge in [-0.1, -0.05) is 13.0 Å². The number of esters is 1. The van der Waals surface area contributed by atoms with E-state index in [-0.39, 0.29) is 30.1 Å². The first-order valence-electron chi connectivity index (χ1n) is 8.68. The number of nitrogens with zero attached hydrogens (tertiary/aromatic N) is 2. The fourth-order valence-electron chi connectivity index (χ4n) is 2.98. The van der Waals surface area contributed by atoms with Crippen molar-refractivity contribution in [1.29, 1.82) is 0 Å². The molecular formula is C18H26N2O5S. The monoisotopic (exact) mass is 382 g/mol.